The van der Waals surface area contributed by atoms with Crippen molar-refractivity contribution in [3.63, 3.8) is 0 Å². The number of nitrogens with one attached hydrogen (secondary N) is 3. The fraction of sp³-hybridized carbons (Fsp3) is 0.364. The van der Waals surface area contributed by atoms with E-state index in [-0.39, 0.29) is 5.91 Å². The van der Waals surface area contributed by atoms with Gasteiger partial charge in [0.15, 0.2) is 0 Å². The van der Waals surface area contributed by atoms with Crippen molar-refractivity contribution in [2.45, 2.75) is 19.9 Å². The summed E-state index contributed by atoms with van der Waals surface area (Å²) < 4.78 is 5.39. The molecule has 7 nitrogen and oxygen atoms in total. The number of para-hydroxylation sites is 1. The van der Waals surface area contributed by atoms with Crippen LogP contribution in [0.5, 0.6) is 0 Å². The normalized spacial score (nSPS) is 14.8. The van der Waals surface area contributed by atoms with Gasteiger partial charge in [0.2, 0.25) is 5.91 Å². The molecular formula is C22H27N5O2. The van der Waals surface area contributed by atoms with Crippen LogP contribution >= 0.6 is 0 Å². The number of H-pyrrole nitrogens is 1. The van der Waals surface area contributed by atoms with Crippen LogP contribution in [0.1, 0.15) is 17.8 Å². The minimum Gasteiger partial charge on any atom is -0.384 e. The monoisotopic (exact) mass is 393 g/mol. The van der Waals surface area contributed by atoms with Crippen molar-refractivity contribution < 1.29 is 9.53 Å². The fourth-order valence-corrected chi connectivity index (χ4v) is 3.49. The Hall–Kier alpha value is -2.90. The van der Waals surface area contributed by atoms with Gasteiger partial charge in [-0.1, -0.05) is 18.2 Å². The van der Waals surface area contributed by atoms with Gasteiger partial charge in [0.05, 0.1) is 30.8 Å². The van der Waals surface area contributed by atoms with Crippen LogP contribution in [-0.2, 0) is 16.1 Å². The highest BCUT2D eigenvalue weighted by Gasteiger charge is 2.13. The molecule has 4 rings (SSSR count). The zero-order valence-corrected chi connectivity index (χ0v) is 16.7. The minimum atomic E-state index is -0.0153. The van der Waals surface area contributed by atoms with Crippen molar-refractivity contribution >= 4 is 28.3 Å². The number of rotatable bonds is 7. The lowest BCUT2D eigenvalue weighted by Gasteiger charge is -2.25. The van der Waals surface area contributed by atoms with Gasteiger partial charge in [-0.05, 0) is 36.8 Å². The zero-order chi connectivity index (χ0) is 20.1. The number of nitrogens with zero attached hydrogens (tertiary/aromatic N) is 2. The first kappa shape index (κ1) is 19.4. The van der Waals surface area contributed by atoms with Gasteiger partial charge in [0, 0.05) is 37.4 Å². The molecule has 1 aromatic heterocycles. The Morgan fingerprint density at radius 1 is 1.21 bits per heavy atom. The molecule has 1 saturated heterocycles. The summed E-state index contributed by atoms with van der Waals surface area (Å²) in [5.41, 5.74) is 4.86. The van der Waals surface area contributed by atoms with Crippen LogP contribution in [0.2, 0.25) is 0 Å². The summed E-state index contributed by atoms with van der Waals surface area (Å²) in [7, 11) is 0. The SMILES string of the molecule is Cc1ccccc1NCCC(=O)Nc1ccc2nc(CN3CCOCC3)[nH]c2c1. The van der Waals surface area contributed by atoms with E-state index in [2.05, 4.69) is 38.5 Å². The number of ether oxygens (including phenoxy) is 1. The van der Waals surface area contributed by atoms with Gasteiger partial charge in [0.25, 0.3) is 0 Å². The molecule has 3 aromatic rings. The number of aromatic nitrogens is 2. The van der Waals surface area contributed by atoms with Crippen molar-refractivity contribution in [3.8, 4) is 0 Å². The molecule has 29 heavy (non-hydrogen) atoms. The highest BCUT2D eigenvalue weighted by atomic mass is 16.5. The number of hydrogen-bond acceptors (Lipinski definition) is 5. The van der Waals surface area contributed by atoms with Crippen molar-refractivity contribution in [3.05, 3.63) is 53.9 Å². The molecule has 1 aliphatic heterocycles. The standard InChI is InChI=1S/C22H27N5O2/c1-16-4-2-3-5-18(16)23-9-8-22(28)24-17-6-7-19-20(14-17)26-21(25-19)15-27-10-12-29-13-11-27/h2-7,14,23H,8-13,15H2,1H3,(H,24,28)(H,25,26). The van der Waals surface area contributed by atoms with Crippen molar-refractivity contribution in [1.29, 1.82) is 0 Å². The molecule has 1 aliphatic rings. The van der Waals surface area contributed by atoms with Gasteiger partial charge in [-0.25, -0.2) is 4.98 Å². The van der Waals surface area contributed by atoms with Crippen LogP contribution in [0.25, 0.3) is 11.0 Å². The van der Waals surface area contributed by atoms with Crippen LogP contribution in [0.4, 0.5) is 11.4 Å². The lowest BCUT2D eigenvalue weighted by atomic mass is 10.2. The van der Waals surface area contributed by atoms with Crippen LogP contribution in [0, 0.1) is 6.92 Å². The maximum absolute atomic E-state index is 12.3. The predicted octanol–water partition coefficient (Wildman–Crippen LogP) is 3.14. The smallest absolute Gasteiger partial charge is 0.226 e. The summed E-state index contributed by atoms with van der Waals surface area (Å²) in [6.07, 6.45) is 0.400. The van der Waals surface area contributed by atoms with E-state index >= 15 is 0 Å². The Labute approximate surface area is 170 Å². The van der Waals surface area contributed by atoms with E-state index in [4.69, 9.17) is 4.74 Å². The summed E-state index contributed by atoms with van der Waals surface area (Å²) >= 11 is 0. The molecule has 2 heterocycles. The molecule has 0 saturated carbocycles. The molecule has 0 spiro atoms. The summed E-state index contributed by atoms with van der Waals surface area (Å²) in [5.74, 6) is 0.922. The molecule has 0 atom stereocenters. The third-order valence-corrected chi connectivity index (χ3v) is 5.10. The molecule has 0 radical (unpaired) electrons. The summed E-state index contributed by atoms with van der Waals surface area (Å²) in [5, 5.41) is 6.28. The van der Waals surface area contributed by atoms with Gasteiger partial charge in [0.1, 0.15) is 5.82 Å². The Morgan fingerprint density at radius 2 is 2.03 bits per heavy atom. The maximum atomic E-state index is 12.3. The average Bonchev–Trinajstić information content (AvgIpc) is 3.11. The number of amides is 1. The third kappa shape index (κ3) is 5.13. The number of hydrogen-bond donors (Lipinski definition) is 3. The van der Waals surface area contributed by atoms with Crippen LogP contribution in [0.15, 0.2) is 42.5 Å². The largest absolute Gasteiger partial charge is 0.384 e. The number of aromatic amines is 1. The van der Waals surface area contributed by atoms with Crippen molar-refractivity contribution in [2.24, 2.45) is 0 Å². The van der Waals surface area contributed by atoms with Gasteiger partial charge in [-0.2, -0.15) is 0 Å². The van der Waals surface area contributed by atoms with E-state index in [1.165, 1.54) is 5.56 Å². The van der Waals surface area contributed by atoms with E-state index < -0.39 is 0 Å². The number of imidazole rings is 1. The second-order valence-corrected chi connectivity index (χ2v) is 7.34. The van der Waals surface area contributed by atoms with E-state index in [9.17, 15) is 4.79 Å². The summed E-state index contributed by atoms with van der Waals surface area (Å²) in [4.78, 5) is 22.6. The summed E-state index contributed by atoms with van der Waals surface area (Å²) in [6.45, 7) is 6.82. The van der Waals surface area contributed by atoms with Crippen LogP contribution < -0.4 is 10.6 Å². The molecule has 0 bridgehead atoms. The van der Waals surface area contributed by atoms with Crippen molar-refractivity contribution in [2.75, 3.05) is 43.5 Å². The Balaban J connectivity index is 1.31. The Bertz CT molecular complexity index is 978. The Morgan fingerprint density at radius 3 is 2.86 bits per heavy atom. The van der Waals surface area contributed by atoms with Crippen LogP contribution in [0.3, 0.4) is 0 Å². The number of carbonyl (C=O) groups excluding carboxylic acids is 1. The number of benzene rings is 2. The van der Waals surface area contributed by atoms with E-state index in [1.54, 1.807) is 0 Å². The second kappa shape index (κ2) is 9.07. The minimum absolute atomic E-state index is 0.0153. The topological polar surface area (TPSA) is 82.3 Å². The van der Waals surface area contributed by atoms with Gasteiger partial charge in [-0.15, -0.1) is 0 Å². The van der Waals surface area contributed by atoms with Gasteiger partial charge in [-0.3, -0.25) is 9.69 Å². The third-order valence-electron chi connectivity index (χ3n) is 5.10. The van der Waals surface area contributed by atoms with Gasteiger partial charge >= 0.3 is 0 Å². The zero-order valence-electron chi connectivity index (χ0n) is 16.7. The van der Waals surface area contributed by atoms with Gasteiger partial charge < -0.3 is 20.4 Å². The first-order chi connectivity index (χ1) is 14.2. The van der Waals surface area contributed by atoms with Crippen molar-refractivity contribution in [1.82, 2.24) is 14.9 Å². The molecule has 0 unspecified atom stereocenters. The molecule has 152 valence electrons. The number of aryl methyl sites for hydroxylation is 1. The highest BCUT2D eigenvalue weighted by molar-refractivity contribution is 5.93. The quantitative estimate of drug-likeness (QED) is 0.574. The number of anilines is 2. The molecule has 7 heteroatoms. The average molecular weight is 393 g/mol. The number of fused-ring (bicyclic) bond motifs is 1. The van der Waals surface area contributed by atoms with E-state index in [1.807, 2.05) is 36.4 Å². The number of carbonyl (C=O) groups is 1. The molecule has 0 aliphatic carbocycles. The lowest BCUT2D eigenvalue weighted by molar-refractivity contribution is -0.115. The second-order valence-electron chi connectivity index (χ2n) is 7.34. The van der Waals surface area contributed by atoms with E-state index in [0.29, 0.717) is 13.0 Å². The molecule has 1 amide bonds. The Kier molecular flexibility index (Phi) is 6.07. The van der Waals surface area contributed by atoms with E-state index in [0.717, 1.165) is 61.1 Å². The number of morpholine rings is 1. The molecule has 1 fully saturated rings. The maximum Gasteiger partial charge on any atom is 0.226 e. The first-order valence-corrected chi connectivity index (χ1v) is 10.1. The predicted molar refractivity (Wildman–Crippen MR) is 115 cm³/mol. The molecular weight excluding hydrogens is 366 g/mol. The van der Waals surface area contributed by atoms with Crippen LogP contribution in [-0.4, -0.2) is 53.6 Å². The summed E-state index contributed by atoms with van der Waals surface area (Å²) in [6, 6.07) is 13.8. The molecule has 2 aromatic carbocycles. The molecule has 3 N–H and O–H groups in total. The highest BCUT2D eigenvalue weighted by Crippen LogP contribution is 2.19. The first-order valence-electron chi connectivity index (χ1n) is 10.1. The lowest BCUT2D eigenvalue weighted by Crippen LogP contribution is -2.35. The fourth-order valence-electron chi connectivity index (χ4n) is 3.49.